The van der Waals surface area contributed by atoms with Crippen LogP contribution < -0.4 is 10.6 Å². The average Bonchev–Trinajstić information content (AvgIpc) is 3.24. The van der Waals surface area contributed by atoms with E-state index in [0.29, 0.717) is 6.54 Å². The minimum absolute atomic E-state index is 0.671. The predicted molar refractivity (Wildman–Crippen MR) is 84.5 cm³/mol. The highest BCUT2D eigenvalue weighted by atomic mass is 15.3. The van der Waals surface area contributed by atoms with Crippen LogP contribution in [0.5, 0.6) is 0 Å². The lowest BCUT2D eigenvalue weighted by molar-refractivity contribution is 0.727. The molecule has 0 amide bonds. The largest absolute Gasteiger partial charge is 0.356 e. The van der Waals surface area contributed by atoms with Crippen molar-refractivity contribution < 1.29 is 0 Å². The summed E-state index contributed by atoms with van der Waals surface area (Å²) in [4.78, 5) is 4.23. The van der Waals surface area contributed by atoms with E-state index in [4.69, 9.17) is 0 Å². The van der Waals surface area contributed by atoms with Gasteiger partial charge in [-0.1, -0.05) is 18.2 Å². The maximum absolute atomic E-state index is 4.57. The lowest BCUT2D eigenvalue weighted by Gasteiger charge is -2.10. The van der Waals surface area contributed by atoms with E-state index in [9.17, 15) is 0 Å². The van der Waals surface area contributed by atoms with Gasteiger partial charge in [-0.25, -0.2) is 4.68 Å². The first kappa shape index (κ1) is 13.7. The Kier molecular flexibility index (Phi) is 4.19. The molecule has 1 aromatic carbocycles. The fraction of sp³-hybridized carbons (Fsp3) is 0.375. The van der Waals surface area contributed by atoms with Gasteiger partial charge in [0.25, 0.3) is 0 Å². The van der Waals surface area contributed by atoms with Crippen LogP contribution in [0.15, 0.2) is 47.6 Å². The molecule has 1 fully saturated rings. The Morgan fingerprint density at radius 3 is 2.76 bits per heavy atom. The van der Waals surface area contributed by atoms with E-state index < -0.39 is 0 Å². The highest BCUT2D eigenvalue weighted by Gasteiger charge is 2.21. The van der Waals surface area contributed by atoms with E-state index in [1.165, 1.54) is 12.8 Å². The average molecular weight is 283 g/mol. The van der Waals surface area contributed by atoms with Crippen LogP contribution in [0.1, 0.15) is 18.5 Å². The quantitative estimate of drug-likeness (QED) is 0.651. The van der Waals surface area contributed by atoms with Gasteiger partial charge >= 0.3 is 0 Å². The molecule has 110 valence electrons. The number of para-hydroxylation sites is 1. The molecule has 1 heterocycles. The van der Waals surface area contributed by atoms with E-state index in [2.05, 4.69) is 20.7 Å². The van der Waals surface area contributed by atoms with Crippen molar-refractivity contribution in [2.24, 2.45) is 10.9 Å². The molecule has 2 N–H and O–H groups in total. The molecule has 0 saturated heterocycles. The van der Waals surface area contributed by atoms with Gasteiger partial charge in [0.1, 0.15) is 0 Å². The van der Waals surface area contributed by atoms with E-state index >= 15 is 0 Å². The first-order valence-electron chi connectivity index (χ1n) is 7.39. The molecule has 1 aromatic heterocycles. The van der Waals surface area contributed by atoms with Crippen molar-refractivity contribution in [2.45, 2.75) is 19.4 Å². The van der Waals surface area contributed by atoms with E-state index in [0.717, 1.165) is 29.8 Å². The molecule has 5 nitrogen and oxygen atoms in total. The molecule has 1 aliphatic rings. The topological polar surface area (TPSA) is 54.2 Å². The van der Waals surface area contributed by atoms with Gasteiger partial charge < -0.3 is 10.6 Å². The zero-order valence-electron chi connectivity index (χ0n) is 12.3. The van der Waals surface area contributed by atoms with Gasteiger partial charge in [0, 0.05) is 19.8 Å². The molecule has 3 rings (SSSR count). The van der Waals surface area contributed by atoms with Crippen molar-refractivity contribution in [1.29, 1.82) is 0 Å². The normalized spacial score (nSPS) is 15.0. The summed E-state index contributed by atoms with van der Waals surface area (Å²) in [7, 11) is 1.80. The second kappa shape index (κ2) is 6.43. The standard InChI is InChI=1S/C16H21N5/c1-17-16(18-11-13-7-8-13)19-12-14-9-10-21(20-14)15-5-3-2-4-6-15/h2-6,9-10,13H,7-8,11-12H2,1H3,(H2,17,18,19). The fourth-order valence-corrected chi connectivity index (χ4v) is 2.14. The Bertz CT molecular complexity index is 598. The minimum atomic E-state index is 0.671. The minimum Gasteiger partial charge on any atom is -0.356 e. The Balaban J connectivity index is 1.54. The third-order valence-corrected chi connectivity index (χ3v) is 3.58. The molecule has 0 unspecified atom stereocenters. The summed E-state index contributed by atoms with van der Waals surface area (Å²) in [6.07, 6.45) is 4.66. The van der Waals surface area contributed by atoms with Crippen LogP contribution in [0.25, 0.3) is 5.69 Å². The molecular weight excluding hydrogens is 262 g/mol. The molecule has 0 aliphatic heterocycles. The van der Waals surface area contributed by atoms with Crippen LogP contribution in [0, 0.1) is 5.92 Å². The molecular formula is C16H21N5. The zero-order valence-corrected chi connectivity index (χ0v) is 12.3. The number of hydrogen-bond acceptors (Lipinski definition) is 2. The first-order valence-corrected chi connectivity index (χ1v) is 7.39. The van der Waals surface area contributed by atoms with Crippen molar-refractivity contribution in [2.75, 3.05) is 13.6 Å². The van der Waals surface area contributed by atoms with E-state index in [1.54, 1.807) is 7.05 Å². The van der Waals surface area contributed by atoms with Crippen LogP contribution in [0.3, 0.4) is 0 Å². The number of aromatic nitrogens is 2. The van der Waals surface area contributed by atoms with Gasteiger partial charge in [0.05, 0.1) is 17.9 Å². The van der Waals surface area contributed by atoms with Crippen molar-refractivity contribution in [1.82, 2.24) is 20.4 Å². The highest BCUT2D eigenvalue weighted by Crippen LogP contribution is 2.27. The van der Waals surface area contributed by atoms with E-state index in [1.807, 2.05) is 47.3 Å². The molecule has 0 atom stereocenters. The summed E-state index contributed by atoms with van der Waals surface area (Å²) in [5.41, 5.74) is 2.06. The van der Waals surface area contributed by atoms with Crippen molar-refractivity contribution in [3.8, 4) is 5.69 Å². The predicted octanol–water partition coefficient (Wildman–Crippen LogP) is 1.95. The van der Waals surface area contributed by atoms with Gasteiger partial charge in [-0.3, -0.25) is 4.99 Å². The summed E-state index contributed by atoms with van der Waals surface area (Å²) in [6.45, 7) is 1.68. The summed E-state index contributed by atoms with van der Waals surface area (Å²) in [6, 6.07) is 12.1. The Morgan fingerprint density at radius 2 is 2.05 bits per heavy atom. The van der Waals surface area contributed by atoms with Crippen molar-refractivity contribution in [3.05, 3.63) is 48.3 Å². The summed E-state index contributed by atoms with van der Waals surface area (Å²) in [5, 5.41) is 11.2. The highest BCUT2D eigenvalue weighted by molar-refractivity contribution is 5.79. The lowest BCUT2D eigenvalue weighted by Crippen LogP contribution is -2.37. The third-order valence-electron chi connectivity index (χ3n) is 3.58. The maximum atomic E-state index is 4.57. The number of guanidine groups is 1. The molecule has 2 aromatic rings. The molecule has 1 saturated carbocycles. The van der Waals surface area contributed by atoms with Crippen LogP contribution in [-0.2, 0) is 6.54 Å². The number of nitrogens with zero attached hydrogens (tertiary/aromatic N) is 3. The van der Waals surface area contributed by atoms with Gasteiger partial charge in [0.15, 0.2) is 5.96 Å². The summed E-state index contributed by atoms with van der Waals surface area (Å²) < 4.78 is 1.89. The fourth-order valence-electron chi connectivity index (χ4n) is 2.14. The van der Waals surface area contributed by atoms with Crippen LogP contribution in [0.2, 0.25) is 0 Å². The monoisotopic (exact) mass is 283 g/mol. The van der Waals surface area contributed by atoms with Gasteiger partial charge in [0.2, 0.25) is 0 Å². The van der Waals surface area contributed by atoms with Gasteiger partial charge in [-0.2, -0.15) is 5.10 Å². The molecule has 21 heavy (non-hydrogen) atoms. The van der Waals surface area contributed by atoms with Crippen LogP contribution in [0.4, 0.5) is 0 Å². The third kappa shape index (κ3) is 3.84. The second-order valence-electron chi connectivity index (χ2n) is 5.34. The lowest BCUT2D eigenvalue weighted by atomic mass is 10.3. The Hall–Kier alpha value is -2.30. The van der Waals surface area contributed by atoms with Gasteiger partial charge in [-0.05, 0) is 37.0 Å². The Labute approximate surface area is 125 Å². The van der Waals surface area contributed by atoms with E-state index in [-0.39, 0.29) is 0 Å². The van der Waals surface area contributed by atoms with Crippen molar-refractivity contribution in [3.63, 3.8) is 0 Å². The number of hydrogen-bond donors (Lipinski definition) is 2. The second-order valence-corrected chi connectivity index (χ2v) is 5.34. The molecule has 1 aliphatic carbocycles. The van der Waals surface area contributed by atoms with Gasteiger partial charge in [-0.15, -0.1) is 0 Å². The number of benzene rings is 1. The first-order chi connectivity index (χ1) is 10.3. The number of rotatable bonds is 5. The van der Waals surface area contributed by atoms with Crippen LogP contribution >= 0.6 is 0 Å². The Morgan fingerprint density at radius 1 is 1.24 bits per heavy atom. The zero-order chi connectivity index (χ0) is 14.5. The van der Waals surface area contributed by atoms with Crippen LogP contribution in [-0.4, -0.2) is 29.3 Å². The smallest absolute Gasteiger partial charge is 0.191 e. The molecule has 0 bridgehead atoms. The molecule has 0 radical (unpaired) electrons. The molecule has 0 spiro atoms. The summed E-state index contributed by atoms with van der Waals surface area (Å²) >= 11 is 0. The summed E-state index contributed by atoms with van der Waals surface area (Å²) in [5.74, 6) is 1.68. The number of nitrogens with one attached hydrogen (secondary N) is 2. The maximum Gasteiger partial charge on any atom is 0.191 e. The van der Waals surface area contributed by atoms with Crippen molar-refractivity contribution >= 4 is 5.96 Å². The SMILES string of the molecule is CN=C(NCc1ccn(-c2ccccc2)n1)NCC1CC1. The number of aliphatic imine (C=N–C) groups is 1. The molecule has 5 heteroatoms.